The lowest BCUT2D eigenvalue weighted by atomic mass is 10.0. The topological polar surface area (TPSA) is 90.5 Å². The van der Waals surface area contributed by atoms with Crippen LogP contribution in [-0.4, -0.2) is 38.7 Å². The number of rotatable bonds is 4. The molecule has 3 aromatic rings. The molecule has 0 radical (unpaired) electrons. The smallest absolute Gasteiger partial charge is 0.339 e. The van der Waals surface area contributed by atoms with Gasteiger partial charge in [-0.15, -0.1) is 10.2 Å². The Bertz CT molecular complexity index is 1250. The maximum Gasteiger partial charge on any atom is 0.339 e. The Morgan fingerprint density at radius 3 is 2.71 bits per heavy atom. The van der Waals surface area contributed by atoms with Crippen LogP contribution in [0, 0.1) is 20.8 Å². The molecule has 0 spiro atoms. The summed E-state index contributed by atoms with van der Waals surface area (Å²) in [5, 5.41) is 9.44. The van der Waals surface area contributed by atoms with E-state index in [0.29, 0.717) is 35.9 Å². The van der Waals surface area contributed by atoms with Crippen molar-refractivity contribution in [3.8, 4) is 5.75 Å². The van der Waals surface area contributed by atoms with Gasteiger partial charge in [-0.25, -0.2) is 4.79 Å². The summed E-state index contributed by atoms with van der Waals surface area (Å²) < 4.78 is 13.6. The van der Waals surface area contributed by atoms with E-state index < -0.39 is 0 Å². The summed E-state index contributed by atoms with van der Waals surface area (Å²) in [7, 11) is 0. The van der Waals surface area contributed by atoms with Crippen molar-refractivity contribution in [2.75, 3.05) is 13.2 Å². The first kappa shape index (κ1) is 19.8. The minimum Gasteiger partial charge on any atom is -0.483 e. The Morgan fingerprint density at radius 1 is 1.19 bits per heavy atom. The van der Waals surface area contributed by atoms with Crippen LogP contribution in [0.15, 0.2) is 21.3 Å². The molecular weight excluding hydrogens is 396 g/mol. The number of amides is 1. The van der Waals surface area contributed by atoms with Gasteiger partial charge in [-0.3, -0.25) is 4.79 Å². The quantitative estimate of drug-likeness (QED) is 0.600. The minimum atomic E-state index is -0.352. The summed E-state index contributed by atoms with van der Waals surface area (Å²) in [6, 6.07) is 3.82. The highest BCUT2D eigenvalue weighted by molar-refractivity contribution is 5.88. The molecule has 3 heterocycles. The monoisotopic (exact) mass is 422 g/mol. The van der Waals surface area contributed by atoms with Crippen molar-refractivity contribution >= 4 is 16.9 Å². The molecule has 1 aliphatic carbocycles. The van der Waals surface area contributed by atoms with Gasteiger partial charge in [0.2, 0.25) is 0 Å². The van der Waals surface area contributed by atoms with Crippen LogP contribution in [0.25, 0.3) is 11.0 Å². The van der Waals surface area contributed by atoms with Gasteiger partial charge in [0.05, 0.1) is 18.0 Å². The number of ether oxygens (including phenoxy) is 1. The minimum absolute atomic E-state index is 0.0908. The lowest BCUT2D eigenvalue weighted by Crippen LogP contribution is -2.42. The molecule has 0 unspecified atom stereocenters. The van der Waals surface area contributed by atoms with Gasteiger partial charge in [0.1, 0.15) is 17.2 Å². The van der Waals surface area contributed by atoms with Gasteiger partial charge in [-0.2, -0.15) is 0 Å². The van der Waals surface area contributed by atoms with E-state index >= 15 is 0 Å². The third kappa shape index (κ3) is 3.40. The molecule has 1 atom stereocenters. The van der Waals surface area contributed by atoms with Crippen molar-refractivity contribution in [3.63, 3.8) is 0 Å². The summed E-state index contributed by atoms with van der Waals surface area (Å²) in [5.74, 6) is 2.87. The van der Waals surface area contributed by atoms with Crippen LogP contribution in [0.4, 0.5) is 0 Å². The second-order valence-electron chi connectivity index (χ2n) is 8.81. The van der Waals surface area contributed by atoms with Crippen LogP contribution in [0.2, 0.25) is 0 Å². The van der Waals surface area contributed by atoms with Gasteiger partial charge < -0.3 is 18.6 Å². The van der Waals surface area contributed by atoms with E-state index in [0.717, 1.165) is 28.2 Å². The van der Waals surface area contributed by atoms with Gasteiger partial charge in [0.15, 0.2) is 12.4 Å². The van der Waals surface area contributed by atoms with E-state index in [2.05, 4.69) is 21.7 Å². The van der Waals surface area contributed by atoms with Crippen molar-refractivity contribution in [2.24, 2.45) is 0 Å². The zero-order valence-corrected chi connectivity index (χ0v) is 18.3. The van der Waals surface area contributed by atoms with Gasteiger partial charge in [-0.1, -0.05) is 0 Å². The zero-order valence-electron chi connectivity index (χ0n) is 18.3. The van der Waals surface area contributed by atoms with Gasteiger partial charge in [0.25, 0.3) is 5.91 Å². The van der Waals surface area contributed by atoms with Crippen LogP contribution in [-0.2, 0) is 11.3 Å². The number of aromatic nitrogens is 3. The fourth-order valence-electron chi connectivity index (χ4n) is 4.40. The average molecular weight is 422 g/mol. The maximum atomic E-state index is 13.0. The van der Waals surface area contributed by atoms with Crippen molar-refractivity contribution < 1.29 is 13.9 Å². The standard InChI is InChI=1S/C23H26N4O4/c1-12-7-17(21-14(3)15(4)23(29)31-18(21)8-12)30-11-20(28)26-9-13(2)27-19(10-26)24-25-22(27)16-5-6-16/h7-8,13,16H,5-6,9-11H2,1-4H3/t13-/m0/s1. The molecule has 1 aliphatic heterocycles. The van der Waals surface area contributed by atoms with E-state index in [-0.39, 0.29) is 24.2 Å². The predicted molar refractivity (Wildman–Crippen MR) is 114 cm³/mol. The Kier molecular flexibility index (Phi) is 4.60. The summed E-state index contributed by atoms with van der Waals surface area (Å²) in [4.78, 5) is 26.8. The molecule has 1 fully saturated rings. The van der Waals surface area contributed by atoms with Crippen molar-refractivity contribution in [1.82, 2.24) is 19.7 Å². The maximum absolute atomic E-state index is 13.0. The van der Waals surface area contributed by atoms with Gasteiger partial charge >= 0.3 is 5.63 Å². The van der Waals surface area contributed by atoms with E-state index in [1.165, 1.54) is 12.8 Å². The second kappa shape index (κ2) is 7.21. The first-order chi connectivity index (χ1) is 14.8. The Morgan fingerprint density at radius 2 is 1.97 bits per heavy atom. The normalized spacial score (nSPS) is 18.3. The SMILES string of the molecule is Cc1cc(OCC(=O)N2Cc3nnc(C4CC4)n3[C@@H](C)C2)c2c(C)c(C)c(=O)oc2c1. The number of hydrogen-bond acceptors (Lipinski definition) is 6. The largest absolute Gasteiger partial charge is 0.483 e. The summed E-state index contributed by atoms with van der Waals surface area (Å²) in [6.07, 6.45) is 2.34. The number of benzene rings is 1. The number of fused-ring (bicyclic) bond motifs is 2. The Hall–Kier alpha value is -3.16. The first-order valence-corrected chi connectivity index (χ1v) is 10.7. The molecule has 0 saturated heterocycles. The lowest BCUT2D eigenvalue weighted by molar-refractivity contribution is -0.135. The third-order valence-electron chi connectivity index (χ3n) is 6.35. The molecule has 5 rings (SSSR count). The van der Waals surface area contributed by atoms with Crippen molar-refractivity contribution in [3.05, 3.63) is 50.9 Å². The lowest BCUT2D eigenvalue weighted by Gasteiger charge is -2.32. The third-order valence-corrected chi connectivity index (χ3v) is 6.35. The highest BCUT2D eigenvalue weighted by Gasteiger charge is 2.35. The van der Waals surface area contributed by atoms with Crippen LogP contribution in [0.5, 0.6) is 5.75 Å². The molecule has 8 nitrogen and oxygen atoms in total. The van der Waals surface area contributed by atoms with E-state index in [1.54, 1.807) is 11.8 Å². The van der Waals surface area contributed by atoms with E-state index in [1.807, 2.05) is 26.0 Å². The molecule has 0 bridgehead atoms. The fourth-order valence-corrected chi connectivity index (χ4v) is 4.40. The summed E-state index contributed by atoms with van der Waals surface area (Å²) >= 11 is 0. The molecular formula is C23H26N4O4. The highest BCUT2D eigenvalue weighted by atomic mass is 16.5. The van der Waals surface area contributed by atoms with Crippen molar-refractivity contribution in [1.29, 1.82) is 0 Å². The molecule has 2 aromatic heterocycles. The van der Waals surface area contributed by atoms with Crippen molar-refractivity contribution in [2.45, 2.75) is 59.0 Å². The Balaban J connectivity index is 1.37. The fraction of sp³-hybridized carbons (Fsp3) is 0.478. The molecule has 8 heteroatoms. The number of nitrogens with zero attached hydrogens (tertiary/aromatic N) is 4. The van der Waals surface area contributed by atoms with Crippen LogP contribution >= 0.6 is 0 Å². The molecule has 2 aliphatic rings. The molecule has 1 aromatic carbocycles. The molecule has 1 amide bonds. The van der Waals surface area contributed by atoms with Crippen LogP contribution in [0.3, 0.4) is 0 Å². The zero-order chi connectivity index (χ0) is 21.9. The summed E-state index contributed by atoms with van der Waals surface area (Å²) in [5.41, 5.74) is 2.37. The number of carbonyl (C=O) groups excluding carboxylic acids is 1. The van der Waals surface area contributed by atoms with E-state index in [9.17, 15) is 9.59 Å². The van der Waals surface area contributed by atoms with E-state index in [4.69, 9.17) is 9.15 Å². The van der Waals surface area contributed by atoms with Crippen LogP contribution < -0.4 is 10.4 Å². The molecule has 1 saturated carbocycles. The number of hydrogen-bond donors (Lipinski definition) is 0. The molecule has 0 N–H and O–H groups in total. The highest BCUT2D eigenvalue weighted by Crippen LogP contribution is 2.41. The second-order valence-corrected chi connectivity index (χ2v) is 8.81. The summed E-state index contributed by atoms with van der Waals surface area (Å²) in [6.45, 7) is 8.56. The molecule has 31 heavy (non-hydrogen) atoms. The van der Waals surface area contributed by atoms with Gasteiger partial charge in [0, 0.05) is 18.0 Å². The Labute approximate surface area is 179 Å². The number of aryl methyl sites for hydroxylation is 2. The van der Waals surface area contributed by atoms with Gasteiger partial charge in [-0.05, 0) is 63.8 Å². The number of carbonyl (C=O) groups is 1. The average Bonchev–Trinajstić information content (AvgIpc) is 3.48. The van der Waals surface area contributed by atoms with Crippen LogP contribution in [0.1, 0.15) is 60.1 Å². The predicted octanol–water partition coefficient (Wildman–Crippen LogP) is 3.17. The first-order valence-electron chi connectivity index (χ1n) is 10.7. The molecule has 162 valence electrons.